The highest BCUT2D eigenvalue weighted by molar-refractivity contribution is 5.94. The Labute approximate surface area is 152 Å². The molecule has 3 heterocycles. The Bertz CT molecular complexity index is 673. The van der Waals surface area contributed by atoms with Crippen molar-refractivity contribution in [2.75, 3.05) is 26.2 Å². The first-order valence-electron chi connectivity index (χ1n) is 8.93. The summed E-state index contributed by atoms with van der Waals surface area (Å²) in [5.41, 5.74) is 0.558. The van der Waals surface area contributed by atoms with Crippen LogP contribution in [0.25, 0.3) is 0 Å². The molecule has 3 rings (SSSR count). The third-order valence-corrected chi connectivity index (χ3v) is 4.51. The maximum absolute atomic E-state index is 12.2. The third-order valence-electron chi connectivity index (χ3n) is 4.51. The van der Waals surface area contributed by atoms with E-state index in [1.165, 1.54) is 12.5 Å². The summed E-state index contributed by atoms with van der Waals surface area (Å²) < 4.78 is 15.6. The fraction of sp³-hybridized carbons (Fsp3) is 0.474. The number of carbonyl (C=O) groups is 2. The monoisotopic (exact) mass is 360 g/mol. The quantitative estimate of drug-likeness (QED) is 0.731. The van der Waals surface area contributed by atoms with Gasteiger partial charge in [-0.1, -0.05) is 0 Å². The summed E-state index contributed by atoms with van der Waals surface area (Å²) in [5, 5.41) is 2.96. The van der Waals surface area contributed by atoms with E-state index in [2.05, 4.69) is 5.32 Å². The standard InChI is InChI=1S/C19H24N2O5/c22-18(20-7-2-10-24-14-17-3-1-11-26-17)15-4-8-21(9-5-15)19(23)16-6-12-25-13-16/h1,3,6,11-13,15H,2,4-5,7-10,14H2,(H,20,22). The number of hydrogen-bond donors (Lipinski definition) is 1. The van der Waals surface area contributed by atoms with Crippen LogP contribution < -0.4 is 5.32 Å². The summed E-state index contributed by atoms with van der Waals surface area (Å²) >= 11 is 0. The van der Waals surface area contributed by atoms with Crippen molar-refractivity contribution in [1.82, 2.24) is 10.2 Å². The number of nitrogens with one attached hydrogen (secondary N) is 1. The highest BCUT2D eigenvalue weighted by Gasteiger charge is 2.27. The Morgan fingerprint density at radius 3 is 2.77 bits per heavy atom. The van der Waals surface area contributed by atoms with Crippen LogP contribution in [0.2, 0.25) is 0 Å². The number of carbonyl (C=O) groups excluding carboxylic acids is 2. The Balaban J connectivity index is 1.28. The van der Waals surface area contributed by atoms with Crippen molar-refractivity contribution >= 4 is 11.8 Å². The van der Waals surface area contributed by atoms with Crippen LogP contribution in [0.4, 0.5) is 0 Å². The number of rotatable bonds is 8. The first kappa shape index (κ1) is 18.3. The first-order chi connectivity index (χ1) is 12.7. The summed E-state index contributed by atoms with van der Waals surface area (Å²) in [7, 11) is 0. The fourth-order valence-corrected chi connectivity index (χ4v) is 3.01. The summed E-state index contributed by atoms with van der Waals surface area (Å²) in [4.78, 5) is 26.3. The summed E-state index contributed by atoms with van der Waals surface area (Å²) in [6.45, 7) is 2.79. The lowest BCUT2D eigenvalue weighted by Crippen LogP contribution is -2.43. The molecule has 140 valence electrons. The molecule has 0 spiro atoms. The van der Waals surface area contributed by atoms with Crippen molar-refractivity contribution < 1.29 is 23.2 Å². The molecule has 0 unspecified atom stereocenters. The highest BCUT2D eigenvalue weighted by atomic mass is 16.5. The first-order valence-corrected chi connectivity index (χ1v) is 8.93. The van der Waals surface area contributed by atoms with Crippen molar-refractivity contribution in [3.8, 4) is 0 Å². The van der Waals surface area contributed by atoms with E-state index in [9.17, 15) is 9.59 Å². The van der Waals surface area contributed by atoms with Gasteiger partial charge in [-0.05, 0) is 37.5 Å². The normalized spacial score (nSPS) is 15.2. The molecule has 0 atom stereocenters. The number of ether oxygens (including phenoxy) is 1. The molecule has 0 aromatic carbocycles. The minimum atomic E-state index is -0.0358. The van der Waals surface area contributed by atoms with Crippen LogP contribution in [-0.2, 0) is 16.1 Å². The molecule has 7 nitrogen and oxygen atoms in total. The fourth-order valence-electron chi connectivity index (χ4n) is 3.01. The topological polar surface area (TPSA) is 84.9 Å². The Morgan fingerprint density at radius 1 is 1.23 bits per heavy atom. The van der Waals surface area contributed by atoms with Gasteiger partial charge in [-0.2, -0.15) is 0 Å². The van der Waals surface area contributed by atoms with Gasteiger partial charge in [0.15, 0.2) is 0 Å². The van der Waals surface area contributed by atoms with Gasteiger partial charge in [0.25, 0.3) is 5.91 Å². The van der Waals surface area contributed by atoms with Gasteiger partial charge in [0.2, 0.25) is 5.91 Å². The Kier molecular flexibility index (Phi) is 6.49. The zero-order valence-electron chi connectivity index (χ0n) is 14.7. The van der Waals surface area contributed by atoms with E-state index in [4.69, 9.17) is 13.6 Å². The second-order valence-corrected chi connectivity index (χ2v) is 6.36. The SMILES string of the molecule is O=C(NCCCOCc1ccco1)C1CCN(C(=O)c2ccoc2)CC1. The Morgan fingerprint density at radius 2 is 2.08 bits per heavy atom. The lowest BCUT2D eigenvalue weighted by atomic mass is 9.95. The predicted octanol–water partition coefficient (Wildman–Crippen LogP) is 2.45. The lowest BCUT2D eigenvalue weighted by Gasteiger charge is -2.31. The third kappa shape index (κ3) is 4.98. The van der Waals surface area contributed by atoms with Crippen molar-refractivity contribution in [2.45, 2.75) is 25.9 Å². The highest BCUT2D eigenvalue weighted by Crippen LogP contribution is 2.19. The molecule has 7 heteroatoms. The van der Waals surface area contributed by atoms with Crippen molar-refractivity contribution in [3.63, 3.8) is 0 Å². The van der Waals surface area contributed by atoms with Crippen molar-refractivity contribution in [1.29, 1.82) is 0 Å². The lowest BCUT2D eigenvalue weighted by molar-refractivity contribution is -0.126. The van der Waals surface area contributed by atoms with E-state index < -0.39 is 0 Å². The van der Waals surface area contributed by atoms with Gasteiger partial charge in [-0.25, -0.2) is 0 Å². The maximum atomic E-state index is 12.2. The van der Waals surface area contributed by atoms with Crippen LogP contribution in [0.15, 0.2) is 45.8 Å². The largest absolute Gasteiger partial charge is 0.472 e. The predicted molar refractivity (Wildman–Crippen MR) is 93.3 cm³/mol. The van der Waals surface area contributed by atoms with Gasteiger partial charge in [0.1, 0.15) is 18.6 Å². The van der Waals surface area contributed by atoms with Crippen LogP contribution in [0.1, 0.15) is 35.4 Å². The van der Waals surface area contributed by atoms with Crippen LogP contribution in [-0.4, -0.2) is 43.0 Å². The molecule has 2 aromatic heterocycles. The molecule has 1 saturated heterocycles. The molecular weight excluding hydrogens is 336 g/mol. The number of furan rings is 2. The number of piperidine rings is 1. The van der Waals surface area contributed by atoms with E-state index >= 15 is 0 Å². The zero-order valence-corrected chi connectivity index (χ0v) is 14.7. The number of likely N-dealkylation sites (tertiary alicyclic amines) is 1. The van der Waals surface area contributed by atoms with E-state index in [1.807, 2.05) is 12.1 Å². The van der Waals surface area contributed by atoms with E-state index in [0.717, 1.165) is 12.2 Å². The van der Waals surface area contributed by atoms with E-state index in [-0.39, 0.29) is 17.7 Å². The molecule has 0 saturated carbocycles. The molecule has 1 fully saturated rings. The smallest absolute Gasteiger partial charge is 0.257 e. The summed E-state index contributed by atoms with van der Waals surface area (Å²) in [6, 6.07) is 5.35. The number of amides is 2. The molecule has 2 aromatic rings. The van der Waals surface area contributed by atoms with Gasteiger partial charge < -0.3 is 23.8 Å². The Hall–Kier alpha value is -2.54. The average Bonchev–Trinajstić information content (AvgIpc) is 3.38. The molecule has 1 aliphatic heterocycles. The molecule has 0 aliphatic carbocycles. The molecule has 26 heavy (non-hydrogen) atoms. The molecule has 0 bridgehead atoms. The van der Waals surface area contributed by atoms with Crippen molar-refractivity contribution in [3.05, 3.63) is 48.3 Å². The average molecular weight is 360 g/mol. The minimum absolute atomic E-state index is 0.0348. The number of nitrogens with zero attached hydrogens (tertiary/aromatic N) is 1. The van der Waals surface area contributed by atoms with E-state index in [0.29, 0.717) is 51.3 Å². The maximum Gasteiger partial charge on any atom is 0.257 e. The van der Waals surface area contributed by atoms with Gasteiger partial charge in [-0.3, -0.25) is 9.59 Å². The molecule has 0 radical (unpaired) electrons. The van der Waals surface area contributed by atoms with E-state index in [1.54, 1.807) is 17.2 Å². The number of hydrogen-bond acceptors (Lipinski definition) is 5. The second-order valence-electron chi connectivity index (χ2n) is 6.36. The minimum Gasteiger partial charge on any atom is -0.472 e. The molecule has 1 N–H and O–H groups in total. The van der Waals surface area contributed by atoms with Gasteiger partial charge in [0, 0.05) is 32.2 Å². The van der Waals surface area contributed by atoms with Crippen LogP contribution in [0, 0.1) is 5.92 Å². The summed E-state index contributed by atoms with van der Waals surface area (Å²) in [5.74, 6) is 0.788. The molecule has 2 amide bonds. The van der Waals surface area contributed by atoms with Crippen LogP contribution in [0.3, 0.4) is 0 Å². The van der Waals surface area contributed by atoms with Crippen molar-refractivity contribution in [2.24, 2.45) is 5.92 Å². The van der Waals surface area contributed by atoms with Gasteiger partial charge in [0.05, 0.1) is 18.1 Å². The second kappa shape index (κ2) is 9.24. The zero-order chi connectivity index (χ0) is 18.2. The van der Waals surface area contributed by atoms with Gasteiger partial charge >= 0.3 is 0 Å². The van der Waals surface area contributed by atoms with Crippen LogP contribution in [0.5, 0.6) is 0 Å². The van der Waals surface area contributed by atoms with Crippen LogP contribution >= 0.6 is 0 Å². The molecular formula is C19H24N2O5. The van der Waals surface area contributed by atoms with Gasteiger partial charge in [-0.15, -0.1) is 0 Å². The summed E-state index contributed by atoms with van der Waals surface area (Å²) in [6.07, 6.45) is 6.69. The molecule has 1 aliphatic rings.